The lowest BCUT2D eigenvalue weighted by Crippen LogP contribution is -2.35. The van der Waals surface area contributed by atoms with Gasteiger partial charge in [0.15, 0.2) is 0 Å². The lowest BCUT2D eigenvalue weighted by Gasteiger charge is -2.22. The van der Waals surface area contributed by atoms with Gasteiger partial charge < -0.3 is 4.90 Å². The number of amides is 1. The molecule has 1 amide bonds. The molecule has 0 spiro atoms. The summed E-state index contributed by atoms with van der Waals surface area (Å²) in [5, 5.41) is 0. The van der Waals surface area contributed by atoms with Gasteiger partial charge in [0.25, 0.3) is 5.91 Å². The predicted octanol–water partition coefficient (Wildman–Crippen LogP) is 3.60. The highest BCUT2D eigenvalue weighted by atomic mass is 79.9. The Labute approximate surface area is 115 Å². The molecule has 0 heterocycles. The van der Waals surface area contributed by atoms with Crippen LogP contribution in [0.25, 0.3) is 0 Å². The van der Waals surface area contributed by atoms with E-state index in [0.717, 1.165) is 28.4 Å². The molecule has 0 N–H and O–H groups in total. The third-order valence-corrected chi connectivity index (χ3v) is 3.67. The largest absolute Gasteiger partial charge is 0.334 e. The zero-order valence-electron chi connectivity index (χ0n) is 9.75. The van der Waals surface area contributed by atoms with Gasteiger partial charge in [-0.1, -0.05) is 22.0 Å². The highest BCUT2D eigenvalue weighted by Crippen LogP contribution is 2.29. The van der Waals surface area contributed by atoms with Crippen LogP contribution in [0.2, 0.25) is 0 Å². The third-order valence-electron chi connectivity index (χ3n) is 3.00. The number of halogens is 2. The van der Waals surface area contributed by atoms with Gasteiger partial charge in [0.05, 0.1) is 0 Å². The van der Waals surface area contributed by atoms with Crippen LogP contribution < -0.4 is 0 Å². The molecule has 0 unspecified atom stereocenters. The van der Waals surface area contributed by atoms with Crippen LogP contribution in [0.4, 0.5) is 0 Å². The maximum Gasteiger partial charge on any atom is 0.254 e. The van der Waals surface area contributed by atoms with Crippen LogP contribution >= 0.6 is 27.5 Å². The molecule has 0 aromatic heterocycles. The molecule has 1 aromatic rings. The second-order valence-electron chi connectivity index (χ2n) is 4.38. The van der Waals surface area contributed by atoms with E-state index in [4.69, 9.17) is 11.6 Å². The fourth-order valence-corrected chi connectivity index (χ4v) is 2.45. The van der Waals surface area contributed by atoms with Crippen LogP contribution in [0.1, 0.15) is 28.8 Å². The summed E-state index contributed by atoms with van der Waals surface area (Å²) in [5.74, 6) is 0.599. The van der Waals surface area contributed by atoms with Gasteiger partial charge in [-0.25, -0.2) is 0 Å². The summed E-state index contributed by atoms with van der Waals surface area (Å²) in [5.41, 5.74) is 1.79. The Morgan fingerprint density at radius 2 is 2.24 bits per heavy atom. The molecule has 1 aliphatic carbocycles. The lowest BCUT2D eigenvalue weighted by molar-refractivity contribution is 0.0753. The Balaban J connectivity index is 2.24. The van der Waals surface area contributed by atoms with E-state index >= 15 is 0 Å². The molecule has 92 valence electrons. The van der Waals surface area contributed by atoms with E-state index in [1.807, 2.05) is 30.0 Å². The average Bonchev–Trinajstić information content (AvgIpc) is 3.12. The minimum atomic E-state index is 0.104. The van der Waals surface area contributed by atoms with Gasteiger partial charge in [0, 0.05) is 28.5 Å². The van der Waals surface area contributed by atoms with E-state index in [9.17, 15) is 4.79 Å². The Bertz CT molecular complexity index is 431. The summed E-state index contributed by atoms with van der Waals surface area (Å²) in [6, 6.07) is 6.21. The molecule has 0 radical (unpaired) electrons. The molecule has 1 saturated carbocycles. The van der Waals surface area contributed by atoms with Crippen LogP contribution in [-0.2, 0) is 0 Å². The maximum absolute atomic E-state index is 12.4. The Hall–Kier alpha value is -0.540. The molecule has 0 saturated heterocycles. The van der Waals surface area contributed by atoms with Gasteiger partial charge in [-0.05, 0) is 37.5 Å². The van der Waals surface area contributed by atoms with Gasteiger partial charge in [-0.2, -0.15) is 0 Å². The number of hydrogen-bond donors (Lipinski definition) is 0. The van der Waals surface area contributed by atoms with Gasteiger partial charge in [0.1, 0.15) is 0 Å². The van der Waals surface area contributed by atoms with E-state index < -0.39 is 0 Å². The van der Waals surface area contributed by atoms with Crippen molar-refractivity contribution in [2.45, 2.75) is 25.8 Å². The van der Waals surface area contributed by atoms with Crippen LogP contribution in [0.15, 0.2) is 22.7 Å². The smallest absolute Gasteiger partial charge is 0.254 e. The normalized spacial score (nSPS) is 14.8. The molecule has 4 heteroatoms. The van der Waals surface area contributed by atoms with Crippen molar-refractivity contribution in [3.05, 3.63) is 33.8 Å². The number of carbonyl (C=O) groups excluding carboxylic acids is 1. The standard InChI is InChI=1S/C13H15BrClNO/c1-9-2-3-10(14)8-12(9)13(17)16(7-6-15)11-4-5-11/h2-3,8,11H,4-7H2,1H3. The fourth-order valence-electron chi connectivity index (χ4n) is 1.91. The minimum absolute atomic E-state index is 0.104. The topological polar surface area (TPSA) is 20.3 Å². The molecule has 2 rings (SSSR count). The molecule has 0 atom stereocenters. The monoisotopic (exact) mass is 315 g/mol. The summed E-state index contributed by atoms with van der Waals surface area (Å²) < 4.78 is 0.938. The lowest BCUT2D eigenvalue weighted by atomic mass is 10.1. The first kappa shape index (κ1) is 12.9. The van der Waals surface area contributed by atoms with Crippen molar-refractivity contribution in [1.82, 2.24) is 4.90 Å². The average molecular weight is 317 g/mol. The van der Waals surface area contributed by atoms with E-state index in [1.54, 1.807) is 0 Å². The highest BCUT2D eigenvalue weighted by Gasteiger charge is 2.32. The number of alkyl halides is 1. The quantitative estimate of drug-likeness (QED) is 0.777. The summed E-state index contributed by atoms with van der Waals surface area (Å²) in [6.07, 6.45) is 2.21. The van der Waals surface area contributed by atoms with E-state index in [2.05, 4.69) is 15.9 Å². The Morgan fingerprint density at radius 1 is 1.53 bits per heavy atom. The third kappa shape index (κ3) is 3.02. The van der Waals surface area contributed by atoms with Gasteiger partial charge in [0.2, 0.25) is 0 Å². The van der Waals surface area contributed by atoms with Crippen LogP contribution in [-0.4, -0.2) is 29.3 Å². The van der Waals surface area contributed by atoms with Crippen molar-refractivity contribution in [2.75, 3.05) is 12.4 Å². The van der Waals surface area contributed by atoms with E-state index in [0.29, 0.717) is 18.5 Å². The summed E-state index contributed by atoms with van der Waals surface area (Å²) in [6.45, 7) is 2.60. The zero-order valence-corrected chi connectivity index (χ0v) is 12.1. The number of benzene rings is 1. The second kappa shape index (κ2) is 5.40. The Morgan fingerprint density at radius 3 is 2.82 bits per heavy atom. The summed E-state index contributed by atoms with van der Waals surface area (Å²) in [7, 11) is 0. The zero-order chi connectivity index (χ0) is 12.4. The van der Waals surface area contributed by atoms with Crippen molar-refractivity contribution in [2.24, 2.45) is 0 Å². The van der Waals surface area contributed by atoms with Crippen LogP contribution in [0.3, 0.4) is 0 Å². The van der Waals surface area contributed by atoms with Crippen molar-refractivity contribution >= 4 is 33.4 Å². The van der Waals surface area contributed by atoms with E-state index in [-0.39, 0.29) is 5.91 Å². The van der Waals surface area contributed by atoms with Gasteiger partial charge in [-0.15, -0.1) is 11.6 Å². The molecule has 0 aliphatic heterocycles. The predicted molar refractivity (Wildman–Crippen MR) is 73.7 cm³/mol. The van der Waals surface area contributed by atoms with Crippen molar-refractivity contribution < 1.29 is 4.79 Å². The molecule has 1 fully saturated rings. The molecule has 1 aliphatic rings. The molecule has 1 aromatic carbocycles. The van der Waals surface area contributed by atoms with Crippen molar-refractivity contribution in [3.8, 4) is 0 Å². The van der Waals surface area contributed by atoms with Gasteiger partial charge >= 0.3 is 0 Å². The summed E-state index contributed by atoms with van der Waals surface area (Å²) in [4.78, 5) is 14.3. The first-order valence-electron chi connectivity index (χ1n) is 5.76. The van der Waals surface area contributed by atoms with Crippen molar-refractivity contribution in [3.63, 3.8) is 0 Å². The number of hydrogen-bond acceptors (Lipinski definition) is 1. The first-order chi connectivity index (χ1) is 8.13. The molecule has 2 nitrogen and oxygen atoms in total. The fraction of sp³-hybridized carbons (Fsp3) is 0.462. The SMILES string of the molecule is Cc1ccc(Br)cc1C(=O)N(CCCl)C1CC1. The number of aryl methyl sites for hydroxylation is 1. The molecule has 17 heavy (non-hydrogen) atoms. The number of nitrogens with zero attached hydrogens (tertiary/aromatic N) is 1. The number of carbonyl (C=O) groups is 1. The van der Waals surface area contributed by atoms with Gasteiger partial charge in [-0.3, -0.25) is 4.79 Å². The van der Waals surface area contributed by atoms with Crippen molar-refractivity contribution in [1.29, 1.82) is 0 Å². The first-order valence-corrected chi connectivity index (χ1v) is 7.09. The number of rotatable bonds is 4. The molecule has 0 bridgehead atoms. The summed E-state index contributed by atoms with van der Waals surface area (Å²) >= 11 is 9.18. The highest BCUT2D eigenvalue weighted by molar-refractivity contribution is 9.10. The maximum atomic E-state index is 12.4. The Kier molecular flexibility index (Phi) is 4.10. The van der Waals surface area contributed by atoms with Crippen LogP contribution in [0, 0.1) is 6.92 Å². The minimum Gasteiger partial charge on any atom is -0.334 e. The molecular formula is C13H15BrClNO. The van der Waals surface area contributed by atoms with Crippen LogP contribution in [0.5, 0.6) is 0 Å². The van der Waals surface area contributed by atoms with E-state index in [1.165, 1.54) is 0 Å². The second-order valence-corrected chi connectivity index (χ2v) is 5.67. The molecular weight excluding hydrogens is 302 g/mol.